The van der Waals surface area contributed by atoms with Crippen LogP contribution in [0.2, 0.25) is 0 Å². The highest BCUT2D eigenvalue weighted by Gasteiger charge is 2.31. The van der Waals surface area contributed by atoms with E-state index in [1.54, 1.807) is 18.2 Å². The molecule has 0 bridgehead atoms. The van der Waals surface area contributed by atoms with Crippen molar-refractivity contribution in [2.24, 2.45) is 4.99 Å². The predicted octanol–water partition coefficient (Wildman–Crippen LogP) is 1.42. The van der Waals surface area contributed by atoms with Crippen molar-refractivity contribution < 1.29 is 18.3 Å². The number of hydrogen-bond donors (Lipinski definition) is 2. The Morgan fingerprint density at radius 1 is 1.09 bits per heavy atom. The van der Waals surface area contributed by atoms with E-state index in [4.69, 9.17) is 0 Å². The first-order chi connectivity index (χ1) is 11.0. The van der Waals surface area contributed by atoms with Crippen LogP contribution in [0.25, 0.3) is 0 Å². The van der Waals surface area contributed by atoms with Crippen LogP contribution in [0.15, 0.2) is 64.5 Å². The Kier molecular flexibility index (Phi) is 3.87. The lowest BCUT2D eigenvalue weighted by Gasteiger charge is -2.09. The van der Waals surface area contributed by atoms with Crippen LogP contribution in [0.5, 0.6) is 0 Å². The summed E-state index contributed by atoms with van der Waals surface area (Å²) in [5.74, 6) is -1.03. The van der Waals surface area contributed by atoms with Crippen LogP contribution in [0, 0.1) is 0 Å². The summed E-state index contributed by atoms with van der Waals surface area (Å²) >= 11 is 0. The maximum absolute atomic E-state index is 12.0. The first-order valence-corrected chi connectivity index (χ1v) is 8.42. The number of aliphatic imine (C=N–C) groups is 1. The van der Waals surface area contributed by atoms with Crippen molar-refractivity contribution in [3.8, 4) is 0 Å². The van der Waals surface area contributed by atoms with Gasteiger partial charge in [-0.25, -0.2) is 13.2 Å². The van der Waals surface area contributed by atoms with Crippen LogP contribution >= 0.6 is 0 Å². The molecule has 0 aromatic heterocycles. The first-order valence-electron chi connectivity index (χ1n) is 6.94. The van der Waals surface area contributed by atoms with Gasteiger partial charge in [0.25, 0.3) is 10.0 Å². The third kappa shape index (κ3) is 3.09. The molecule has 23 heavy (non-hydrogen) atoms. The van der Waals surface area contributed by atoms with Crippen molar-refractivity contribution in [2.45, 2.75) is 17.4 Å². The summed E-state index contributed by atoms with van der Waals surface area (Å²) < 4.78 is 26.4. The Labute approximate surface area is 133 Å². The van der Waals surface area contributed by atoms with E-state index in [2.05, 4.69) is 9.71 Å². The number of fused-ring (bicyclic) bond motifs is 1. The second-order valence-electron chi connectivity index (χ2n) is 5.12. The maximum Gasteiger partial charge on any atom is 0.328 e. The average molecular weight is 330 g/mol. The number of carbonyl (C=O) groups is 1. The smallest absolute Gasteiger partial charge is 0.328 e. The molecule has 1 atom stereocenters. The molecule has 2 aromatic rings. The predicted molar refractivity (Wildman–Crippen MR) is 84.9 cm³/mol. The molecular weight excluding hydrogens is 316 g/mol. The Bertz CT molecular complexity index is 876. The third-order valence-electron chi connectivity index (χ3n) is 3.50. The molecule has 0 spiro atoms. The minimum Gasteiger partial charge on any atom is -0.480 e. The van der Waals surface area contributed by atoms with Crippen LogP contribution in [-0.4, -0.2) is 31.4 Å². The Balaban J connectivity index is 1.97. The number of aliphatic carboxylic acids is 1. The van der Waals surface area contributed by atoms with Crippen LogP contribution < -0.4 is 4.72 Å². The van der Waals surface area contributed by atoms with Gasteiger partial charge in [-0.05, 0) is 17.7 Å². The minimum atomic E-state index is -3.67. The molecule has 0 fully saturated rings. The van der Waals surface area contributed by atoms with Gasteiger partial charge in [-0.3, -0.25) is 9.71 Å². The number of carboxylic acids is 1. The van der Waals surface area contributed by atoms with Gasteiger partial charge in [0, 0.05) is 12.0 Å². The van der Waals surface area contributed by atoms with Crippen LogP contribution in [0.1, 0.15) is 11.1 Å². The van der Waals surface area contributed by atoms with E-state index < -0.39 is 22.0 Å². The molecule has 1 aliphatic heterocycles. The van der Waals surface area contributed by atoms with Crippen molar-refractivity contribution in [1.29, 1.82) is 0 Å². The van der Waals surface area contributed by atoms with Gasteiger partial charge < -0.3 is 5.11 Å². The number of nitrogens with one attached hydrogen (secondary N) is 1. The summed E-state index contributed by atoms with van der Waals surface area (Å²) in [5.41, 5.74) is 1.21. The van der Waals surface area contributed by atoms with E-state index in [1.165, 1.54) is 6.07 Å². The topological polar surface area (TPSA) is 95.8 Å². The van der Waals surface area contributed by atoms with Gasteiger partial charge in [0.05, 0.1) is 4.90 Å². The zero-order valence-corrected chi connectivity index (χ0v) is 12.8. The molecule has 0 amide bonds. The fourth-order valence-corrected chi connectivity index (χ4v) is 3.65. The largest absolute Gasteiger partial charge is 0.480 e. The van der Waals surface area contributed by atoms with Crippen molar-refractivity contribution in [3.63, 3.8) is 0 Å². The SMILES string of the molecule is O=C(O)[C@H](Cc1ccccc1)N=C1NS(=O)(=O)c2ccccc21. The Morgan fingerprint density at radius 3 is 2.43 bits per heavy atom. The molecule has 2 N–H and O–H groups in total. The van der Waals surface area contributed by atoms with Gasteiger partial charge in [-0.2, -0.15) is 0 Å². The summed E-state index contributed by atoms with van der Waals surface area (Å²) in [7, 11) is -3.67. The highest BCUT2D eigenvalue weighted by molar-refractivity contribution is 7.90. The standard InChI is InChI=1S/C16H14N2O4S/c19-16(20)13(10-11-6-2-1-3-7-11)17-15-12-8-4-5-9-14(12)23(21,22)18-15/h1-9,13H,10H2,(H,17,18)(H,19,20)/t13-/m0/s1. The molecule has 2 aromatic carbocycles. The lowest BCUT2D eigenvalue weighted by molar-refractivity contribution is -0.138. The van der Waals surface area contributed by atoms with E-state index in [1.807, 2.05) is 30.3 Å². The van der Waals surface area contributed by atoms with Crippen LogP contribution in [-0.2, 0) is 21.2 Å². The molecule has 0 radical (unpaired) electrons. The quantitative estimate of drug-likeness (QED) is 0.886. The van der Waals surface area contributed by atoms with Crippen molar-refractivity contribution in [3.05, 3.63) is 65.7 Å². The monoisotopic (exact) mass is 330 g/mol. The minimum absolute atomic E-state index is 0.0731. The lowest BCUT2D eigenvalue weighted by atomic mass is 10.1. The van der Waals surface area contributed by atoms with Crippen molar-refractivity contribution in [2.75, 3.05) is 0 Å². The van der Waals surface area contributed by atoms with E-state index in [0.717, 1.165) is 5.56 Å². The number of rotatable bonds is 4. The average Bonchev–Trinajstić information content (AvgIpc) is 2.79. The van der Waals surface area contributed by atoms with E-state index in [9.17, 15) is 18.3 Å². The maximum atomic E-state index is 12.0. The molecule has 0 unspecified atom stereocenters. The van der Waals surface area contributed by atoms with Gasteiger partial charge in [-0.1, -0.05) is 42.5 Å². The van der Waals surface area contributed by atoms with Gasteiger partial charge in [0.1, 0.15) is 5.84 Å². The van der Waals surface area contributed by atoms with Crippen molar-refractivity contribution in [1.82, 2.24) is 4.72 Å². The van der Waals surface area contributed by atoms with E-state index >= 15 is 0 Å². The van der Waals surface area contributed by atoms with Gasteiger partial charge in [0.15, 0.2) is 6.04 Å². The molecule has 0 saturated carbocycles. The normalized spacial score (nSPS) is 18.2. The molecule has 0 saturated heterocycles. The van der Waals surface area contributed by atoms with Gasteiger partial charge in [-0.15, -0.1) is 0 Å². The molecule has 1 aliphatic rings. The number of amidine groups is 1. The molecule has 1 heterocycles. The zero-order valence-electron chi connectivity index (χ0n) is 12.0. The molecule has 118 valence electrons. The second-order valence-corrected chi connectivity index (χ2v) is 6.77. The summed E-state index contributed by atoms with van der Waals surface area (Å²) in [6, 6.07) is 14.4. The van der Waals surface area contributed by atoms with Gasteiger partial charge in [0.2, 0.25) is 0 Å². The summed E-state index contributed by atoms with van der Waals surface area (Å²) in [5, 5.41) is 9.39. The molecule has 7 heteroatoms. The molecular formula is C16H14N2O4S. The highest BCUT2D eigenvalue weighted by Crippen LogP contribution is 2.23. The summed E-state index contributed by atoms with van der Waals surface area (Å²) in [6.07, 6.45) is 0.184. The lowest BCUT2D eigenvalue weighted by Crippen LogP contribution is -2.28. The van der Waals surface area contributed by atoms with Gasteiger partial charge >= 0.3 is 5.97 Å². The number of hydrogen-bond acceptors (Lipinski definition) is 4. The summed E-state index contributed by atoms with van der Waals surface area (Å²) in [6.45, 7) is 0. The number of carboxylic acid groups (broad SMARTS) is 1. The molecule has 0 aliphatic carbocycles. The number of benzene rings is 2. The first kappa shape index (κ1) is 15.2. The summed E-state index contributed by atoms with van der Waals surface area (Å²) in [4.78, 5) is 15.7. The molecule has 3 rings (SSSR count). The van der Waals surface area contributed by atoms with E-state index in [-0.39, 0.29) is 17.2 Å². The zero-order chi connectivity index (χ0) is 16.4. The van der Waals surface area contributed by atoms with Crippen LogP contribution in [0.3, 0.4) is 0 Å². The second kappa shape index (κ2) is 5.85. The van der Waals surface area contributed by atoms with E-state index in [0.29, 0.717) is 5.56 Å². The number of sulfonamides is 1. The van der Waals surface area contributed by atoms with Crippen LogP contribution in [0.4, 0.5) is 0 Å². The highest BCUT2D eigenvalue weighted by atomic mass is 32.2. The fraction of sp³-hybridized carbons (Fsp3) is 0.125. The third-order valence-corrected chi connectivity index (χ3v) is 4.90. The fourth-order valence-electron chi connectivity index (χ4n) is 2.41. The van der Waals surface area contributed by atoms with Crippen molar-refractivity contribution >= 4 is 21.8 Å². The Hall–Kier alpha value is -2.67. The number of nitrogens with zero attached hydrogens (tertiary/aromatic N) is 1. The Morgan fingerprint density at radius 2 is 1.74 bits per heavy atom. The molecule has 6 nitrogen and oxygen atoms in total.